The van der Waals surface area contributed by atoms with Gasteiger partial charge in [0.15, 0.2) is 11.5 Å². The zero-order chi connectivity index (χ0) is 19.3. The summed E-state index contributed by atoms with van der Waals surface area (Å²) in [6.45, 7) is 4.02. The van der Waals surface area contributed by atoms with E-state index in [4.69, 9.17) is 9.47 Å². The van der Waals surface area contributed by atoms with E-state index < -0.39 is 0 Å². The van der Waals surface area contributed by atoms with Crippen molar-refractivity contribution in [3.8, 4) is 11.5 Å². The maximum absolute atomic E-state index is 6.26. The highest BCUT2D eigenvalue weighted by Crippen LogP contribution is 2.35. The van der Waals surface area contributed by atoms with E-state index in [0.29, 0.717) is 5.75 Å². The first-order valence-electron chi connectivity index (χ1n) is 9.76. The molecule has 1 saturated heterocycles. The van der Waals surface area contributed by atoms with Gasteiger partial charge in [-0.05, 0) is 37.9 Å². The van der Waals surface area contributed by atoms with Gasteiger partial charge in [0.25, 0.3) is 0 Å². The first-order chi connectivity index (χ1) is 13.7. The number of hydrogen-bond donors (Lipinski definition) is 2. The number of nitrogens with one attached hydrogen (secondary N) is 2. The van der Waals surface area contributed by atoms with Gasteiger partial charge in [0.05, 0.1) is 12.6 Å². The molecule has 28 heavy (non-hydrogen) atoms. The number of rotatable bonds is 6. The van der Waals surface area contributed by atoms with Crippen LogP contribution in [0.25, 0.3) is 10.9 Å². The second kappa shape index (κ2) is 8.44. The Bertz CT molecular complexity index is 926. The molecular weight excluding hydrogens is 352 g/mol. The fourth-order valence-electron chi connectivity index (χ4n) is 3.56. The van der Waals surface area contributed by atoms with Gasteiger partial charge in [0.1, 0.15) is 18.2 Å². The quantitative estimate of drug-likeness (QED) is 0.677. The number of anilines is 1. The number of piperidine rings is 1. The molecule has 1 fully saturated rings. The summed E-state index contributed by atoms with van der Waals surface area (Å²) >= 11 is 0. The fraction of sp³-hybridized carbons (Fsp3) is 0.364. The average molecular weight is 378 g/mol. The van der Waals surface area contributed by atoms with E-state index in [2.05, 4.69) is 39.7 Å². The first-order valence-corrected chi connectivity index (χ1v) is 9.76. The molecule has 2 aromatic carbocycles. The number of aromatic nitrogens is 2. The number of fused-ring (bicyclic) bond motifs is 1. The van der Waals surface area contributed by atoms with E-state index in [1.165, 1.54) is 5.56 Å². The van der Waals surface area contributed by atoms with E-state index in [9.17, 15) is 0 Å². The highest BCUT2D eigenvalue weighted by molar-refractivity contribution is 5.91. The van der Waals surface area contributed by atoms with Crippen molar-refractivity contribution in [3.05, 3.63) is 54.4 Å². The number of methoxy groups -OCH3 is 1. The van der Waals surface area contributed by atoms with Crippen LogP contribution in [-0.2, 0) is 0 Å². The molecule has 0 bridgehead atoms. The molecule has 0 saturated carbocycles. The van der Waals surface area contributed by atoms with Crippen LogP contribution in [0.15, 0.2) is 48.8 Å². The lowest BCUT2D eigenvalue weighted by molar-refractivity contribution is 0.161. The van der Waals surface area contributed by atoms with Crippen LogP contribution in [0.5, 0.6) is 11.5 Å². The molecule has 0 radical (unpaired) electrons. The third-order valence-corrected chi connectivity index (χ3v) is 5.12. The van der Waals surface area contributed by atoms with Crippen molar-refractivity contribution in [2.24, 2.45) is 0 Å². The van der Waals surface area contributed by atoms with Crippen LogP contribution in [0.4, 0.5) is 5.82 Å². The Morgan fingerprint density at radius 3 is 2.75 bits per heavy atom. The topological polar surface area (TPSA) is 68.3 Å². The molecule has 0 spiro atoms. The summed E-state index contributed by atoms with van der Waals surface area (Å²) in [7, 11) is 1.66. The lowest BCUT2D eigenvalue weighted by atomic mass is 10.1. The second-order valence-electron chi connectivity index (χ2n) is 7.11. The monoisotopic (exact) mass is 378 g/mol. The number of ether oxygens (including phenoxy) is 2. The zero-order valence-corrected chi connectivity index (χ0v) is 16.3. The molecule has 3 aromatic rings. The average Bonchev–Trinajstić information content (AvgIpc) is 2.75. The van der Waals surface area contributed by atoms with Crippen molar-refractivity contribution < 1.29 is 9.47 Å². The Hall–Kier alpha value is -2.86. The highest BCUT2D eigenvalue weighted by Gasteiger charge is 2.19. The summed E-state index contributed by atoms with van der Waals surface area (Å²) in [6.07, 6.45) is 3.87. The summed E-state index contributed by atoms with van der Waals surface area (Å²) in [5.41, 5.74) is 2.02. The van der Waals surface area contributed by atoms with Crippen LogP contribution < -0.4 is 20.1 Å². The van der Waals surface area contributed by atoms with Crippen LogP contribution in [0.2, 0.25) is 0 Å². The van der Waals surface area contributed by atoms with E-state index >= 15 is 0 Å². The maximum Gasteiger partial charge on any atom is 0.162 e. The third-order valence-electron chi connectivity index (χ3n) is 5.12. The van der Waals surface area contributed by atoms with Gasteiger partial charge < -0.3 is 20.1 Å². The summed E-state index contributed by atoms with van der Waals surface area (Å²) in [5.74, 6) is 2.21. The molecule has 0 amide bonds. The minimum absolute atomic E-state index is 0.119. The lowest BCUT2D eigenvalue weighted by Crippen LogP contribution is -2.37. The SMILES string of the molecule is COc1cc2ncnc(N[C@H](C)c3ccccc3)c2cc1OC1CCCNC1. The summed E-state index contributed by atoms with van der Waals surface area (Å²) in [5, 5.41) is 7.81. The maximum atomic E-state index is 6.26. The van der Waals surface area contributed by atoms with Crippen LogP contribution >= 0.6 is 0 Å². The van der Waals surface area contributed by atoms with Gasteiger partial charge >= 0.3 is 0 Å². The van der Waals surface area contributed by atoms with Crippen molar-refractivity contribution >= 4 is 16.7 Å². The van der Waals surface area contributed by atoms with Gasteiger partial charge in [-0.3, -0.25) is 0 Å². The predicted molar refractivity (Wildman–Crippen MR) is 111 cm³/mol. The first kappa shape index (κ1) is 18.5. The van der Waals surface area contributed by atoms with Gasteiger partial charge in [0, 0.05) is 24.0 Å². The summed E-state index contributed by atoms with van der Waals surface area (Å²) < 4.78 is 11.8. The Labute approximate surface area is 165 Å². The minimum Gasteiger partial charge on any atom is -0.493 e. The smallest absolute Gasteiger partial charge is 0.162 e. The van der Waals surface area contributed by atoms with Crippen LogP contribution in [0.3, 0.4) is 0 Å². The largest absolute Gasteiger partial charge is 0.493 e. The van der Waals surface area contributed by atoms with Crippen molar-refractivity contribution in [2.45, 2.75) is 31.9 Å². The molecule has 1 aromatic heterocycles. The number of nitrogens with zero attached hydrogens (tertiary/aromatic N) is 2. The molecule has 1 unspecified atom stereocenters. The lowest BCUT2D eigenvalue weighted by Gasteiger charge is -2.25. The molecule has 146 valence electrons. The molecule has 4 rings (SSSR count). The van der Waals surface area contributed by atoms with E-state index in [1.54, 1.807) is 13.4 Å². The highest BCUT2D eigenvalue weighted by atomic mass is 16.5. The Morgan fingerprint density at radius 1 is 1.14 bits per heavy atom. The molecule has 2 atom stereocenters. The van der Waals surface area contributed by atoms with Gasteiger partial charge in [-0.2, -0.15) is 0 Å². The molecule has 1 aliphatic rings. The van der Waals surface area contributed by atoms with E-state index in [0.717, 1.165) is 48.4 Å². The van der Waals surface area contributed by atoms with Crippen molar-refractivity contribution in [3.63, 3.8) is 0 Å². The molecular formula is C22H26N4O2. The van der Waals surface area contributed by atoms with Crippen LogP contribution in [-0.4, -0.2) is 36.3 Å². The molecule has 2 heterocycles. The molecule has 0 aliphatic carbocycles. The van der Waals surface area contributed by atoms with Gasteiger partial charge in [-0.15, -0.1) is 0 Å². The second-order valence-corrected chi connectivity index (χ2v) is 7.11. The van der Waals surface area contributed by atoms with E-state index in [-0.39, 0.29) is 12.1 Å². The van der Waals surface area contributed by atoms with Gasteiger partial charge in [0.2, 0.25) is 0 Å². The number of benzene rings is 2. The van der Waals surface area contributed by atoms with Gasteiger partial charge in [-0.1, -0.05) is 30.3 Å². The van der Waals surface area contributed by atoms with Crippen molar-refractivity contribution in [1.29, 1.82) is 0 Å². The molecule has 1 aliphatic heterocycles. The summed E-state index contributed by atoms with van der Waals surface area (Å²) in [6, 6.07) is 14.3. The van der Waals surface area contributed by atoms with Gasteiger partial charge in [-0.25, -0.2) is 9.97 Å². The summed E-state index contributed by atoms with van der Waals surface area (Å²) in [4.78, 5) is 8.90. The minimum atomic E-state index is 0.119. The Balaban J connectivity index is 1.66. The van der Waals surface area contributed by atoms with Crippen molar-refractivity contribution in [2.75, 3.05) is 25.5 Å². The van der Waals surface area contributed by atoms with Crippen molar-refractivity contribution in [1.82, 2.24) is 15.3 Å². The standard InChI is InChI=1S/C22H26N4O2/c1-15(16-7-4-3-5-8-16)26-22-18-11-21(28-17-9-6-10-23-13-17)20(27-2)12-19(18)24-14-25-22/h3-5,7-8,11-12,14-15,17,23H,6,9-10,13H2,1-2H3,(H,24,25,26)/t15-,17?/m1/s1. The molecule has 6 heteroatoms. The predicted octanol–water partition coefficient (Wildman–Crippen LogP) is 3.94. The molecule has 6 nitrogen and oxygen atoms in total. The van der Waals surface area contributed by atoms with Crippen LogP contribution in [0.1, 0.15) is 31.4 Å². The number of hydrogen-bond acceptors (Lipinski definition) is 6. The fourth-order valence-corrected chi connectivity index (χ4v) is 3.56. The molecule has 2 N–H and O–H groups in total. The Morgan fingerprint density at radius 2 is 2.00 bits per heavy atom. The Kier molecular flexibility index (Phi) is 5.58. The normalized spacial score (nSPS) is 17.9. The van der Waals surface area contributed by atoms with Crippen LogP contribution in [0, 0.1) is 0 Å². The zero-order valence-electron chi connectivity index (χ0n) is 16.3. The third kappa shape index (κ3) is 4.02. The van der Waals surface area contributed by atoms with E-state index in [1.807, 2.05) is 30.3 Å².